The summed E-state index contributed by atoms with van der Waals surface area (Å²) in [7, 11) is -3.75. The first kappa shape index (κ1) is 19.5. The van der Waals surface area contributed by atoms with E-state index in [2.05, 4.69) is 15.1 Å². The first-order valence-corrected chi connectivity index (χ1v) is 11.1. The number of carbonyl (C=O) groups excluding carboxylic acids is 1. The van der Waals surface area contributed by atoms with Gasteiger partial charge < -0.3 is 9.88 Å². The highest BCUT2D eigenvalue weighted by atomic mass is 32.2. The number of aryl methyl sites for hydroxylation is 1. The molecule has 0 bridgehead atoms. The van der Waals surface area contributed by atoms with Crippen molar-refractivity contribution in [3.05, 3.63) is 57.8 Å². The topological polar surface area (TPSA) is 121 Å². The van der Waals surface area contributed by atoms with Gasteiger partial charge in [-0.1, -0.05) is 11.3 Å². The average molecular weight is 435 g/mol. The Morgan fingerprint density at radius 1 is 1.14 bits per heavy atom. The van der Waals surface area contributed by atoms with E-state index >= 15 is 0 Å². The molecule has 1 aromatic carbocycles. The van der Waals surface area contributed by atoms with Crippen LogP contribution in [-0.4, -0.2) is 69.5 Å². The number of aromatic amines is 1. The van der Waals surface area contributed by atoms with Gasteiger partial charge in [-0.15, -0.1) is 0 Å². The Kier molecular flexibility index (Phi) is 5.06. The van der Waals surface area contributed by atoms with Crippen molar-refractivity contribution in [2.75, 3.05) is 26.2 Å². The van der Waals surface area contributed by atoms with Gasteiger partial charge in [0.2, 0.25) is 0 Å². The largest absolute Gasteiger partial charge is 0.336 e. The van der Waals surface area contributed by atoms with Gasteiger partial charge in [0, 0.05) is 37.4 Å². The lowest BCUT2D eigenvalue weighted by atomic mass is 10.1. The molecule has 4 rings (SSSR count). The molecule has 1 N–H and O–H groups in total. The van der Waals surface area contributed by atoms with Gasteiger partial charge in [-0.05, 0) is 31.2 Å². The van der Waals surface area contributed by atoms with E-state index in [-0.39, 0.29) is 36.3 Å². The van der Waals surface area contributed by atoms with Gasteiger partial charge in [-0.2, -0.15) is 9.40 Å². The summed E-state index contributed by atoms with van der Waals surface area (Å²) < 4.78 is 28.5. The third kappa shape index (κ3) is 3.73. The summed E-state index contributed by atoms with van der Waals surface area (Å²) in [5.41, 5.74) is 1.65. The van der Waals surface area contributed by atoms with Crippen LogP contribution in [0.25, 0.3) is 5.69 Å². The summed E-state index contributed by atoms with van der Waals surface area (Å²) in [6.45, 7) is 2.48. The second-order valence-corrected chi connectivity index (χ2v) is 9.63. The second-order valence-electron chi connectivity index (χ2n) is 6.51. The summed E-state index contributed by atoms with van der Waals surface area (Å²) in [6.07, 6.45) is 3.00. The molecule has 29 heavy (non-hydrogen) atoms. The van der Waals surface area contributed by atoms with Crippen molar-refractivity contribution in [1.82, 2.24) is 29.0 Å². The lowest BCUT2D eigenvalue weighted by Gasteiger charge is -2.33. The number of benzene rings is 1. The van der Waals surface area contributed by atoms with Crippen LogP contribution in [0.4, 0.5) is 0 Å². The van der Waals surface area contributed by atoms with Crippen molar-refractivity contribution >= 4 is 27.3 Å². The Balaban J connectivity index is 1.43. The Labute approximate surface area is 170 Å². The van der Waals surface area contributed by atoms with Gasteiger partial charge in [-0.25, -0.2) is 18.1 Å². The highest BCUT2D eigenvalue weighted by Gasteiger charge is 2.32. The molecule has 0 atom stereocenters. The second kappa shape index (κ2) is 7.54. The SMILES string of the molecule is Cc1[nH]c(=O)sc1S(=O)(=O)N1CCN(C(=O)c2ccc(-n3cncn3)cc2)CC1. The van der Waals surface area contributed by atoms with Gasteiger partial charge in [-0.3, -0.25) is 9.59 Å². The van der Waals surface area contributed by atoms with E-state index in [9.17, 15) is 18.0 Å². The molecule has 3 aromatic rings. The molecule has 1 saturated heterocycles. The summed E-state index contributed by atoms with van der Waals surface area (Å²) in [4.78, 5) is 31.8. The highest BCUT2D eigenvalue weighted by molar-refractivity contribution is 7.91. The van der Waals surface area contributed by atoms with Crippen LogP contribution in [0.2, 0.25) is 0 Å². The molecule has 0 aliphatic carbocycles. The number of H-pyrrole nitrogens is 1. The molecule has 1 aliphatic heterocycles. The molecule has 152 valence electrons. The standard InChI is InChI=1S/C17H18N6O4S2/c1-12-16(28-17(25)20-12)29(26,27)22-8-6-21(7-9-22)15(24)13-2-4-14(5-3-13)23-11-18-10-19-23/h2-5,10-11H,6-9H2,1H3,(H,20,25). The van der Waals surface area contributed by atoms with Crippen LogP contribution in [0.5, 0.6) is 0 Å². The fourth-order valence-electron chi connectivity index (χ4n) is 3.17. The number of nitrogens with one attached hydrogen (secondary N) is 1. The minimum absolute atomic E-state index is 0.0333. The van der Waals surface area contributed by atoms with Crippen molar-refractivity contribution in [2.24, 2.45) is 0 Å². The number of hydrogen-bond donors (Lipinski definition) is 1. The fourth-order valence-corrected chi connectivity index (χ4v) is 6.02. The minimum atomic E-state index is -3.75. The number of rotatable bonds is 4. The summed E-state index contributed by atoms with van der Waals surface area (Å²) in [5.74, 6) is -0.158. The van der Waals surface area contributed by atoms with Gasteiger partial charge in [0.25, 0.3) is 15.9 Å². The van der Waals surface area contributed by atoms with Crippen molar-refractivity contribution in [1.29, 1.82) is 0 Å². The van der Waals surface area contributed by atoms with E-state index in [0.717, 1.165) is 5.69 Å². The van der Waals surface area contributed by atoms with Crippen molar-refractivity contribution in [3.63, 3.8) is 0 Å². The molecule has 0 spiro atoms. The minimum Gasteiger partial charge on any atom is -0.336 e. The predicted octanol–water partition coefficient (Wildman–Crippen LogP) is 0.472. The molecular weight excluding hydrogens is 416 g/mol. The monoisotopic (exact) mass is 434 g/mol. The van der Waals surface area contributed by atoms with Gasteiger partial charge in [0.1, 0.15) is 12.7 Å². The van der Waals surface area contributed by atoms with Gasteiger partial charge in [0.05, 0.1) is 5.69 Å². The van der Waals surface area contributed by atoms with Crippen LogP contribution in [-0.2, 0) is 10.0 Å². The zero-order chi connectivity index (χ0) is 20.6. The van der Waals surface area contributed by atoms with E-state index in [4.69, 9.17) is 0 Å². The first-order chi connectivity index (χ1) is 13.9. The lowest BCUT2D eigenvalue weighted by Crippen LogP contribution is -2.50. The number of carbonyl (C=O) groups is 1. The average Bonchev–Trinajstić information content (AvgIpc) is 3.37. The summed E-state index contributed by atoms with van der Waals surface area (Å²) in [5, 5.41) is 4.04. The highest BCUT2D eigenvalue weighted by Crippen LogP contribution is 2.23. The van der Waals surface area contributed by atoms with Gasteiger partial charge in [0.15, 0.2) is 4.21 Å². The number of hydrogen-bond acceptors (Lipinski definition) is 7. The Bertz CT molecular complexity index is 1170. The predicted molar refractivity (Wildman–Crippen MR) is 106 cm³/mol. The van der Waals surface area contributed by atoms with Crippen LogP contribution < -0.4 is 4.87 Å². The van der Waals surface area contributed by atoms with Crippen LogP contribution in [0.3, 0.4) is 0 Å². The maximum absolute atomic E-state index is 12.8. The van der Waals surface area contributed by atoms with E-state index in [1.807, 2.05) is 0 Å². The van der Waals surface area contributed by atoms with Crippen molar-refractivity contribution in [3.8, 4) is 5.69 Å². The molecular formula is C17H18N6O4S2. The summed E-state index contributed by atoms with van der Waals surface area (Å²) in [6, 6.07) is 6.98. The molecule has 0 unspecified atom stereocenters. The van der Waals surface area contributed by atoms with Crippen molar-refractivity contribution < 1.29 is 13.2 Å². The van der Waals surface area contributed by atoms with Crippen molar-refractivity contribution in [2.45, 2.75) is 11.1 Å². The van der Waals surface area contributed by atoms with Crippen LogP contribution in [0.1, 0.15) is 16.1 Å². The maximum atomic E-state index is 12.8. The number of sulfonamides is 1. The number of piperazine rings is 1. The molecule has 1 amide bonds. The lowest BCUT2D eigenvalue weighted by molar-refractivity contribution is 0.0698. The Hall–Kier alpha value is -2.83. The van der Waals surface area contributed by atoms with E-state index in [1.165, 1.54) is 10.6 Å². The molecule has 10 nitrogen and oxygen atoms in total. The smallest absolute Gasteiger partial charge is 0.305 e. The van der Waals surface area contributed by atoms with Crippen LogP contribution in [0, 0.1) is 6.92 Å². The molecule has 0 saturated carbocycles. The van der Waals surface area contributed by atoms with Crippen LogP contribution >= 0.6 is 11.3 Å². The zero-order valence-electron chi connectivity index (χ0n) is 15.5. The third-order valence-corrected chi connectivity index (χ3v) is 8.16. The third-order valence-electron chi connectivity index (χ3n) is 4.68. The summed E-state index contributed by atoms with van der Waals surface area (Å²) >= 11 is 0.686. The Morgan fingerprint density at radius 3 is 2.38 bits per heavy atom. The molecule has 3 heterocycles. The molecule has 1 fully saturated rings. The van der Waals surface area contributed by atoms with Gasteiger partial charge >= 0.3 is 4.87 Å². The normalized spacial score (nSPS) is 15.6. The first-order valence-electron chi connectivity index (χ1n) is 8.80. The number of amides is 1. The Morgan fingerprint density at radius 2 is 1.83 bits per heavy atom. The van der Waals surface area contributed by atoms with E-state index in [1.54, 1.807) is 47.1 Å². The van der Waals surface area contributed by atoms with E-state index < -0.39 is 14.9 Å². The molecule has 2 aromatic heterocycles. The molecule has 0 radical (unpaired) electrons. The fraction of sp³-hybridized carbons (Fsp3) is 0.294. The van der Waals surface area contributed by atoms with Crippen LogP contribution in [0.15, 0.2) is 45.9 Å². The number of aromatic nitrogens is 4. The number of nitrogens with zero attached hydrogens (tertiary/aromatic N) is 5. The zero-order valence-corrected chi connectivity index (χ0v) is 17.1. The van der Waals surface area contributed by atoms with E-state index in [0.29, 0.717) is 22.6 Å². The number of thiazole rings is 1. The molecule has 1 aliphatic rings. The quantitative estimate of drug-likeness (QED) is 0.637. The maximum Gasteiger partial charge on any atom is 0.305 e. The molecule has 12 heteroatoms.